The molecule has 63 heavy (non-hydrogen) atoms. The van der Waals surface area contributed by atoms with E-state index in [2.05, 4.69) is 33.8 Å². The van der Waals surface area contributed by atoms with Gasteiger partial charge in [0.05, 0.1) is 43.7 Å². The quantitative estimate of drug-likeness (QED) is 0.0967. The molecule has 0 amide bonds. The summed E-state index contributed by atoms with van der Waals surface area (Å²) in [4.78, 5) is 0. The zero-order chi connectivity index (χ0) is 46.0. The Balaban J connectivity index is 1.19. The summed E-state index contributed by atoms with van der Waals surface area (Å²) in [5.41, 5.74) is -0.0842. The minimum absolute atomic E-state index is 0.0180. The Morgan fingerprint density at radius 2 is 1.30 bits per heavy atom. The van der Waals surface area contributed by atoms with Crippen molar-refractivity contribution in [1.82, 2.24) is 0 Å². The Morgan fingerprint density at radius 1 is 0.698 bits per heavy atom. The molecule has 18 nitrogen and oxygen atoms in total. The predicted molar refractivity (Wildman–Crippen MR) is 220 cm³/mol. The molecular formula is C45H76O18. The molecule has 26 atom stereocenters. The summed E-state index contributed by atoms with van der Waals surface area (Å²) < 4.78 is 37.3. The first-order valence-electron chi connectivity index (χ1n) is 23.3. The topological polar surface area (TPSA) is 298 Å². The predicted octanol–water partition coefficient (Wildman–Crippen LogP) is -1.20. The van der Waals surface area contributed by atoms with Crippen molar-refractivity contribution in [2.45, 2.75) is 209 Å². The first-order valence-corrected chi connectivity index (χ1v) is 23.3. The van der Waals surface area contributed by atoms with Gasteiger partial charge in [-0.2, -0.15) is 0 Å². The van der Waals surface area contributed by atoms with Crippen molar-refractivity contribution in [3.05, 3.63) is 11.6 Å². The van der Waals surface area contributed by atoms with Crippen molar-refractivity contribution in [1.29, 1.82) is 0 Å². The van der Waals surface area contributed by atoms with Crippen LogP contribution >= 0.6 is 0 Å². The molecule has 3 aliphatic heterocycles. The zero-order valence-electron chi connectivity index (χ0n) is 37.4. The summed E-state index contributed by atoms with van der Waals surface area (Å²) in [5.74, 6) is -0.0321. The first kappa shape index (κ1) is 49.9. The zero-order valence-corrected chi connectivity index (χ0v) is 37.4. The second kappa shape index (κ2) is 19.6. The van der Waals surface area contributed by atoms with E-state index in [-0.39, 0.29) is 41.4 Å². The van der Waals surface area contributed by atoms with Crippen molar-refractivity contribution in [2.75, 3.05) is 13.2 Å². The molecule has 3 saturated carbocycles. The second-order valence-corrected chi connectivity index (χ2v) is 20.9. The molecule has 18 heteroatoms. The molecule has 6 fully saturated rings. The average Bonchev–Trinajstić information content (AvgIpc) is 3.55. The van der Waals surface area contributed by atoms with E-state index in [1.54, 1.807) is 0 Å². The third-order valence-corrected chi connectivity index (χ3v) is 16.8. The van der Waals surface area contributed by atoms with Gasteiger partial charge in [0.1, 0.15) is 67.1 Å². The molecule has 0 radical (unpaired) electrons. The van der Waals surface area contributed by atoms with Crippen LogP contribution in [0.5, 0.6) is 0 Å². The van der Waals surface area contributed by atoms with Gasteiger partial charge in [0.2, 0.25) is 0 Å². The van der Waals surface area contributed by atoms with Crippen LogP contribution in [0.25, 0.3) is 0 Å². The summed E-state index contributed by atoms with van der Waals surface area (Å²) in [6, 6.07) is 0. The summed E-state index contributed by atoms with van der Waals surface area (Å²) in [7, 11) is 0. The molecule has 4 aliphatic carbocycles. The minimum Gasteiger partial charge on any atom is -0.394 e. The van der Waals surface area contributed by atoms with Crippen LogP contribution < -0.4 is 0 Å². The number of aliphatic hydroxyl groups excluding tert-OH is 12. The van der Waals surface area contributed by atoms with Crippen LogP contribution in [-0.2, 0) is 28.4 Å². The van der Waals surface area contributed by atoms with Gasteiger partial charge in [-0.05, 0) is 92.8 Å². The Morgan fingerprint density at radius 3 is 1.94 bits per heavy atom. The largest absolute Gasteiger partial charge is 0.394 e. The monoisotopic (exact) mass is 905 g/mol. The standard InChI is InChI=1S/C45H76O18/c1-18(2)7-10-26(49)19(3)31-27(59-42-39(57)36(54)33(51)28(16-46)60-42)15-25-23-9-8-21-13-22(48)14-30(45(21,6)24(23)11-12-44(25,31)5)62-43-40(37(55)34(52)29(17-47)61-43)63-41-38(56)35(53)32(50)20(4)58-41/h8,18-20,22-43,46-57H,7,9-17H2,1-6H3/t19-,20+,22-,23-,24+,25+,26+,27+,28-,29-,30-,31+,32+,33-,34-,35-,36+,37+,38-,39-,40-,41+,42-,43+,44+,45+/m1/s1. The Kier molecular flexibility index (Phi) is 15.5. The Bertz CT molecular complexity index is 1550. The molecule has 364 valence electrons. The lowest BCUT2D eigenvalue weighted by molar-refractivity contribution is -0.374. The highest BCUT2D eigenvalue weighted by molar-refractivity contribution is 5.28. The molecule has 0 unspecified atom stereocenters. The van der Waals surface area contributed by atoms with Crippen molar-refractivity contribution in [2.24, 2.45) is 46.3 Å². The number of allylic oxidation sites excluding steroid dienone is 1. The van der Waals surface area contributed by atoms with E-state index in [4.69, 9.17) is 28.4 Å². The molecule has 0 bridgehead atoms. The lowest BCUT2D eigenvalue weighted by Crippen LogP contribution is -2.65. The van der Waals surface area contributed by atoms with Crippen LogP contribution in [0.2, 0.25) is 0 Å². The van der Waals surface area contributed by atoms with Gasteiger partial charge in [-0.1, -0.05) is 46.3 Å². The highest BCUT2D eigenvalue weighted by atomic mass is 16.8. The molecule has 3 heterocycles. The van der Waals surface area contributed by atoms with Crippen LogP contribution in [0.3, 0.4) is 0 Å². The Hall–Kier alpha value is -0.980. The second-order valence-electron chi connectivity index (χ2n) is 20.9. The molecular weight excluding hydrogens is 828 g/mol. The number of ether oxygens (including phenoxy) is 6. The van der Waals surface area contributed by atoms with Crippen LogP contribution in [0.15, 0.2) is 11.6 Å². The van der Waals surface area contributed by atoms with Gasteiger partial charge in [0.25, 0.3) is 0 Å². The lowest BCUT2D eigenvalue weighted by Gasteiger charge is -2.60. The summed E-state index contributed by atoms with van der Waals surface area (Å²) in [5, 5.41) is 130. The van der Waals surface area contributed by atoms with Crippen LogP contribution in [0.4, 0.5) is 0 Å². The van der Waals surface area contributed by atoms with Gasteiger partial charge in [-0.3, -0.25) is 0 Å². The smallest absolute Gasteiger partial charge is 0.187 e. The molecule has 0 aromatic rings. The van der Waals surface area contributed by atoms with Gasteiger partial charge in [-0.25, -0.2) is 0 Å². The number of hydrogen-bond acceptors (Lipinski definition) is 18. The maximum Gasteiger partial charge on any atom is 0.187 e. The summed E-state index contributed by atoms with van der Waals surface area (Å²) in [6.07, 6.45) is -18.1. The van der Waals surface area contributed by atoms with Crippen molar-refractivity contribution < 1.29 is 89.7 Å². The lowest BCUT2D eigenvalue weighted by atomic mass is 9.46. The fourth-order valence-corrected chi connectivity index (χ4v) is 13.1. The number of rotatable bonds is 13. The van der Waals surface area contributed by atoms with Gasteiger partial charge in [-0.15, -0.1) is 0 Å². The number of hydrogen-bond donors (Lipinski definition) is 12. The maximum absolute atomic E-state index is 11.7. The van der Waals surface area contributed by atoms with Crippen molar-refractivity contribution >= 4 is 0 Å². The van der Waals surface area contributed by atoms with Crippen molar-refractivity contribution in [3.8, 4) is 0 Å². The highest BCUT2D eigenvalue weighted by Gasteiger charge is 2.65. The number of aliphatic hydroxyl groups is 12. The van der Waals surface area contributed by atoms with Crippen LogP contribution in [0.1, 0.15) is 92.9 Å². The van der Waals surface area contributed by atoms with E-state index >= 15 is 0 Å². The van der Waals surface area contributed by atoms with Gasteiger partial charge in [0.15, 0.2) is 18.9 Å². The maximum atomic E-state index is 11.7. The molecule has 7 aliphatic rings. The van der Waals surface area contributed by atoms with Gasteiger partial charge < -0.3 is 89.7 Å². The first-order chi connectivity index (χ1) is 29.7. The Labute approximate surface area is 369 Å². The van der Waals surface area contributed by atoms with E-state index < -0.39 is 135 Å². The number of fused-ring (bicyclic) bond motifs is 5. The summed E-state index contributed by atoms with van der Waals surface area (Å²) >= 11 is 0. The van der Waals surface area contributed by atoms with E-state index in [1.807, 2.05) is 6.92 Å². The molecule has 0 spiro atoms. The fourth-order valence-electron chi connectivity index (χ4n) is 13.1. The minimum atomic E-state index is -1.74. The molecule has 0 aromatic carbocycles. The van der Waals surface area contributed by atoms with E-state index in [1.165, 1.54) is 6.92 Å². The SMILES string of the molecule is CC(C)CC[C@H](O)[C@@H](C)[C@H]1[C@@H](O[C@@H]2O[C@H](CO)[C@@H](O)[C@H](O)[C@H]2O)C[C@H]2[C@@H]3CC=C4C[C@@H](O)C[C@@H](O[C@@H]5O[C@H](CO)[C@@H](O)[C@H](O)[C@H]5O[C@@H]5O[C@@H](C)[C@H](O)[C@@H](O)[C@H]5O)[C@]4(C)[C@H]3CC[C@]12C. The van der Waals surface area contributed by atoms with E-state index in [0.29, 0.717) is 31.6 Å². The third kappa shape index (κ3) is 9.08. The van der Waals surface area contributed by atoms with E-state index in [0.717, 1.165) is 24.8 Å². The summed E-state index contributed by atoms with van der Waals surface area (Å²) in [6.45, 7) is 10.8. The van der Waals surface area contributed by atoms with Crippen molar-refractivity contribution in [3.63, 3.8) is 0 Å². The molecule has 0 aromatic heterocycles. The van der Waals surface area contributed by atoms with Crippen LogP contribution in [-0.4, -0.2) is 191 Å². The van der Waals surface area contributed by atoms with Gasteiger partial charge in [0, 0.05) is 11.8 Å². The van der Waals surface area contributed by atoms with Gasteiger partial charge >= 0.3 is 0 Å². The molecule has 3 saturated heterocycles. The highest BCUT2D eigenvalue weighted by Crippen LogP contribution is 2.68. The molecule has 12 N–H and O–H groups in total. The molecule has 7 rings (SSSR count). The third-order valence-electron chi connectivity index (χ3n) is 16.8. The fraction of sp³-hybridized carbons (Fsp3) is 0.956. The van der Waals surface area contributed by atoms with E-state index in [9.17, 15) is 61.3 Å². The normalized spacial score (nSPS) is 52.4. The average molecular weight is 905 g/mol. The van der Waals surface area contributed by atoms with Crippen LogP contribution in [0, 0.1) is 46.3 Å².